The zero-order valence-electron chi connectivity index (χ0n) is 14.2. The van der Waals surface area contributed by atoms with Crippen LogP contribution in [-0.4, -0.2) is 17.1 Å². The molecule has 3 rings (SSSR count). The third kappa shape index (κ3) is 5.01. The van der Waals surface area contributed by atoms with Gasteiger partial charge in [0, 0.05) is 24.0 Å². The number of nitrogens with one attached hydrogen (secondary N) is 1. The summed E-state index contributed by atoms with van der Waals surface area (Å²) in [7, 11) is 0. The van der Waals surface area contributed by atoms with Crippen molar-refractivity contribution in [3.05, 3.63) is 94.4 Å². The molecule has 3 aromatic rings. The van der Waals surface area contributed by atoms with Crippen LogP contribution in [0.15, 0.2) is 71.7 Å². The Balaban J connectivity index is 1.55. The maximum absolute atomic E-state index is 13.5. The summed E-state index contributed by atoms with van der Waals surface area (Å²) in [5.41, 5.74) is 1.33. The Morgan fingerprint density at radius 2 is 1.81 bits per heavy atom. The molecule has 138 valence electrons. The summed E-state index contributed by atoms with van der Waals surface area (Å²) in [5, 5.41) is 2.62. The molecule has 0 bridgehead atoms. The Morgan fingerprint density at radius 1 is 1.04 bits per heavy atom. The average Bonchev–Trinajstić information content (AvgIpc) is 2.64. The maximum Gasteiger partial charge on any atom is 0.262 e. The van der Waals surface area contributed by atoms with Gasteiger partial charge in [-0.3, -0.25) is 9.59 Å². The Hall–Kier alpha value is -3.48. The number of amides is 1. The van der Waals surface area contributed by atoms with Crippen LogP contribution in [0.3, 0.4) is 0 Å². The van der Waals surface area contributed by atoms with Crippen molar-refractivity contribution in [2.24, 2.45) is 0 Å². The fourth-order valence-electron chi connectivity index (χ4n) is 2.41. The van der Waals surface area contributed by atoms with Crippen molar-refractivity contribution in [2.45, 2.75) is 6.54 Å². The van der Waals surface area contributed by atoms with Crippen LogP contribution in [0.1, 0.15) is 5.56 Å². The number of carbonyl (C=O) groups excluding carboxylic acids is 1. The predicted octanol–water partition coefficient (Wildman–Crippen LogP) is 3.19. The number of aromatic nitrogens is 1. The van der Waals surface area contributed by atoms with Crippen molar-refractivity contribution in [1.29, 1.82) is 0 Å². The van der Waals surface area contributed by atoms with E-state index in [0.29, 0.717) is 18.3 Å². The van der Waals surface area contributed by atoms with Crippen LogP contribution < -0.4 is 15.6 Å². The highest BCUT2D eigenvalue weighted by atomic mass is 19.1. The van der Waals surface area contributed by atoms with E-state index in [-0.39, 0.29) is 11.3 Å². The second-order valence-corrected chi connectivity index (χ2v) is 5.78. The zero-order valence-corrected chi connectivity index (χ0v) is 14.2. The topological polar surface area (TPSA) is 60.3 Å². The van der Waals surface area contributed by atoms with Crippen LogP contribution in [0.25, 0.3) is 0 Å². The molecule has 1 amide bonds. The number of anilines is 1. The fourth-order valence-corrected chi connectivity index (χ4v) is 2.41. The molecule has 0 aliphatic carbocycles. The molecule has 0 aliphatic rings. The highest BCUT2D eigenvalue weighted by Gasteiger charge is 2.08. The number of hydrogen-bond acceptors (Lipinski definition) is 3. The first-order valence-electron chi connectivity index (χ1n) is 8.13. The zero-order chi connectivity index (χ0) is 19.2. The van der Waals surface area contributed by atoms with E-state index in [2.05, 4.69) is 5.32 Å². The molecule has 27 heavy (non-hydrogen) atoms. The van der Waals surface area contributed by atoms with Crippen LogP contribution in [0.5, 0.6) is 5.75 Å². The van der Waals surface area contributed by atoms with Gasteiger partial charge in [-0.05, 0) is 35.9 Å². The van der Waals surface area contributed by atoms with E-state index in [4.69, 9.17) is 4.74 Å². The van der Waals surface area contributed by atoms with Gasteiger partial charge in [0.15, 0.2) is 18.2 Å². The van der Waals surface area contributed by atoms with Crippen LogP contribution in [-0.2, 0) is 11.3 Å². The number of rotatable bonds is 6. The highest BCUT2D eigenvalue weighted by Crippen LogP contribution is 2.17. The van der Waals surface area contributed by atoms with E-state index in [9.17, 15) is 18.4 Å². The SMILES string of the molecule is O=C(COc1ccc(F)cc1F)Nc1ccc(Cn2ccccc2=O)cc1. The summed E-state index contributed by atoms with van der Waals surface area (Å²) in [6, 6.07) is 14.8. The second-order valence-electron chi connectivity index (χ2n) is 5.78. The normalized spacial score (nSPS) is 10.4. The van der Waals surface area contributed by atoms with Gasteiger partial charge in [0.25, 0.3) is 11.5 Å². The molecule has 2 aromatic carbocycles. The number of pyridine rings is 1. The summed E-state index contributed by atoms with van der Waals surface area (Å²) in [6.07, 6.45) is 1.70. The summed E-state index contributed by atoms with van der Waals surface area (Å²) in [5.74, 6) is -2.27. The van der Waals surface area contributed by atoms with Crippen molar-refractivity contribution < 1.29 is 18.3 Å². The summed E-state index contributed by atoms with van der Waals surface area (Å²) >= 11 is 0. The maximum atomic E-state index is 13.5. The molecule has 1 N–H and O–H groups in total. The molecule has 0 saturated heterocycles. The second kappa shape index (κ2) is 8.27. The highest BCUT2D eigenvalue weighted by molar-refractivity contribution is 5.91. The quantitative estimate of drug-likeness (QED) is 0.725. The minimum absolute atomic E-state index is 0.0972. The number of benzene rings is 2. The third-order valence-electron chi connectivity index (χ3n) is 3.74. The fraction of sp³-hybridized carbons (Fsp3) is 0.100. The van der Waals surface area contributed by atoms with Crippen molar-refractivity contribution in [3.8, 4) is 5.75 Å². The molecular weight excluding hydrogens is 354 g/mol. The van der Waals surface area contributed by atoms with Gasteiger partial charge in [0.05, 0.1) is 6.54 Å². The number of hydrogen-bond donors (Lipinski definition) is 1. The molecule has 1 heterocycles. The lowest BCUT2D eigenvalue weighted by molar-refractivity contribution is -0.118. The Bertz CT molecular complexity index is 1000. The van der Waals surface area contributed by atoms with E-state index >= 15 is 0 Å². The minimum Gasteiger partial charge on any atom is -0.481 e. The Labute approximate surface area is 153 Å². The standard InChI is InChI=1S/C20H16F2N2O3/c21-15-6-9-18(17(22)11-15)27-13-19(25)23-16-7-4-14(5-8-16)12-24-10-2-1-3-20(24)26/h1-11H,12-13H2,(H,23,25). The summed E-state index contributed by atoms with van der Waals surface area (Å²) in [6.45, 7) is 0.00453. The van der Waals surface area contributed by atoms with E-state index in [1.165, 1.54) is 6.07 Å². The first-order chi connectivity index (χ1) is 13.0. The van der Waals surface area contributed by atoms with Crippen LogP contribution >= 0.6 is 0 Å². The smallest absolute Gasteiger partial charge is 0.262 e. The Morgan fingerprint density at radius 3 is 2.52 bits per heavy atom. The largest absolute Gasteiger partial charge is 0.481 e. The predicted molar refractivity (Wildman–Crippen MR) is 96.7 cm³/mol. The molecule has 7 heteroatoms. The lowest BCUT2D eigenvalue weighted by Gasteiger charge is -2.09. The van der Waals surface area contributed by atoms with Gasteiger partial charge in [-0.1, -0.05) is 18.2 Å². The summed E-state index contributed by atoms with van der Waals surface area (Å²) in [4.78, 5) is 23.6. The number of halogens is 2. The first kappa shape index (κ1) is 18.3. The molecule has 1 aromatic heterocycles. The van der Waals surface area contributed by atoms with Gasteiger partial charge < -0.3 is 14.6 Å². The molecule has 0 spiro atoms. The van der Waals surface area contributed by atoms with Gasteiger partial charge in [-0.25, -0.2) is 8.78 Å². The van der Waals surface area contributed by atoms with Crippen LogP contribution in [0.2, 0.25) is 0 Å². The molecule has 0 fully saturated rings. The third-order valence-corrected chi connectivity index (χ3v) is 3.74. The van der Waals surface area contributed by atoms with E-state index in [0.717, 1.165) is 17.7 Å². The Kier molecular flexibility index (Phi) is 5.61. The lowest BCUT2D eigenvalue weighted by Crippen LogP contribution is -2.20. The van der Waals surface area contributed by atoms with Crippen molar-refractivity contribution in [3.63, 3.8) is 0 Å². The molecule has 0 unspecified atom stereocenters. The van der Waals surface area contributed by atoms with Gasteiger partial charge in [0.2, 0.25) is 0 Å². The number of nitrogens with zero attached hydrogens (tertiary/aromatic N) is 1. The van der Waals surface area contributed by atoms with Gasteiger partial charge in [-0.2, -0.15) is 0 Å². The molecular formula is C20H16F2N2O3. The van der Waals surface area contributed by atoms with Crippen molar-refractivity contribution in [2.75, 3.05) is 11.9 Å². The first-order valence-corrected chi connectivity index (χ1v) is 8.13. The molecule has 0 atom stereocenters. The lowest BCUT2D eigenvalue weighted by atomic mass is 10.2. The van der Waals surface area contributed by atoms with E-state index < -0.39 is 24.1 Å². The molecule has 5 nitrogen and oxygen atoms in total. The van der Waals surface area contributed by atoms with Crippen molar-refractivity contribution >= 4 is 11.6 Å². The molecule has 0 aliphatic heterocycles. The monoisotopic (exact) mass is 370 g/mol. The van der Waals surface area contributed by atoms with Gasteiger partial charge in [0.1, 0.15) is 5.82 Å². The van der Waals surface area contributed by atoms with E-state index in [1.807, 2.05) is 0 Å². The number of ether oxygens (including phenoxy) is 1. The van der Waals surface area contributed by atoms with Crippen LogP contribution in [0.4, 0.5) is 14.5 Å². The van der Waals surface area contributed by atoms with Gasteiger partial charge in [-0.15, -0.1) is 0 Å². The van der Waals surface area contributed by atoms with Gasteiger partial charge >= 0.3 is 0 Å². The molecule has 0 saturated carbocycles. The summed E-state index contributed by atoms with van der Waals surface area (Å²) < 4.78 is 32.9. The van der Waals surface area contributed by atoms with E-state index in [1.54, 1.807) is 47.2 Å². The molecule has 0 radical (unpaired) electrons. The van der Waals surface area contributed by atoms with Crippen LogP contribution in [0, 0.1) is 11.6 Å². The number of carbonyl (C=O) groups is 1. The van der Waals surface area contributed by atoms with Crippen molar-refractivity contribution in [1.82, 2.24) is 4.57 Å². The average molecular weight is 370 g/mol. The minimum atomic E-state index is -0.872.